The molecule has 5 rings (SSSR count). The standard InChI is InChI=1S/C29H33N3O3/c1-35-27-12-6-5-11-24(27)30-29(34)31-17-7-8-18-32-25(19-31)28(26(32)20-33)23-15-13-22(14-16-23)21-9-3-2-4-10-21/h2-6,9-16,25-26,28,33H,7-8,17-20H2,1H3,(H,30,34)/t25-,26+,28-/m1/s1. The molecule has 2 N–H and O–H groups in total. The molecule has 0 radical (unpaired) electrons. The van der Waals surface area contributed by atoms with E-state index >= 15 is 0 Å². The fourth-order valence-electron chi connectivity index (χ4n) is 5.60. The first-order valence-electron chi connectivity index (χ1n) is 12.4. The van der Waals surface area contributed by atoms with Crippen molar-refractivity contribution in [1.29, 1.82) is 0 Å². The van der Waals surface area contributed by atoms with Gasteiger partial charge in [-0.15, -0.1) is 0 Å². The van der Waals surface area contributed by atoms with E-state index < -0.39 is 0 Å². The predicted molar refractivity (Wildman–Crippen MR) is 139 cm³/mol. The monoisotopic (exact) mass is 471 g/mol. The number of carbonyl (C=O) groups excluding carboxylic acids is 1. The molecule has 35 heavy (non-hydrogen) atoms. The van der Waals surface area contributed by atoms with E-state index in [-0.39, 0.29) is 30.6 Å². The Kier molecular flexibility index (Phi) is 7.02. The van der Waals surface area contributed by atoms with Crippen LogP contribution in [0.25, 0.3) is 11.1 Å². The number of nitrogens with one attached hydrogen (secondary N) is 1. The third-order valence-electron chi connectivity index (χ3n) is 7.41. The number of para-hydroxylation sites is 2. The van der Waals surface area contributed by atoms with Crippen molar-refractivity contribution in [3.05, 3.63) is 84.4 Å². The third kappa shape index (κ3) is 4.77. The number of amides is 2. The van der Waals surface area contributed by atoms with E-state index in [1.165, 1.54) is 16.7 Å². The zero-order valence-corrected chi connectivity index (χ0v) is 20.1. The number of benzene rings is 3. The molecule has 6 nitrogen and oxygen atoms in total. The van der Waals surface area contributed by atoms with Gasteiger partial charge in [0.25, 0.3) is 0 Å². The maximum atomic E-state index is 13.3. The minimum Gasteiger partial charge on any atom is -0.495 e. The van der Waals surface area contributed by atoms with Gasteiger partial charge < -0.3 is 20.1 Å². The molecule has 2 aliphatic heterocycles. The van der Waals surface area contributed by atoms with Gasteiger partial charge in [-0.1, -0.05) is 66.7 Å². The summed E-state index contributed by atoms with van der Waals surface area (Å²) in [6.07, 6.45) is 1.95. The Bertz CT molecular complexity index is 1140. The number of fused-ring (bicyclic) bond motifs is 1. The van der Waals surface area contributed by atoms with Gasteiger partial charge in [-0.3, -0.25) is 4.90 Å². The van der Waals surface area contributed by atoms with Crippen molar-refractivity contribution < 1.29 is 14.6 Å². The van der Waals surface area contributed by atoms with Gasteiger partial charge in [0.1, 0.15) is 5.75 Å². The molecule has 0 aromatic heterocycles. The zero-order chi connectivity index (χ0) is 24.2. The third-order valence-corrected chi connectivity index (χ3v) is 7.41. The number of carbonyl (C=O) groups is 1. The van der Waals surface area contributed by atoms with Crippen LogP contribution in [0.1, 0.15) is 24.3 Å². The molecule has 0 unspecified atom stereocenters. The summed E-state index contributed by atoms with van der Waals surface area (Å²) in [5.74, 6) is 0.833. The molecule has 0 aliphatic carbocycles. The van der Waals surface area contributed by atoms with Crippen molar-refractivity contribution >= 4 is 11.7 Å². The van der Waals surface area contributed by atoms with Crippen LogP contribution in [0.15, 0.2) is 78.9 Å². The average molecular weight is 472 g/mol. The summed E-state index contributed by atoms with van der Waals surface area (Å²) < 4.78 is 5.40. The molecule has 2 saturated heterocycles. The largest absolute Gasteiger partial charge is 0.495 e. The van der Waals surface area contributed by atoms with Crippen molar-refractivity contribution in [3.63, 3.8) is 0 Å². The van der Waals surface area contributed by atoms with Crippen molar-refractivity contribution in [1.82, 2.24) is 9.80 Å². The molecule has 2 aliphatic rings. The van der Waals surface area contributed by atoms with E-state index in [1.807, 2.05) is 47.4 Å². The van der Waals surface area contributed by atoms with Crippen LogP contribution in [0.2, 0.25) is 0 Å². The number of urea groups is 1. The number of hydrogen-bond acceptors (Lipinski definition) is 4. The summed E-state index contributed by atoms with van der Waals surface area (Å²) in [5, 5.41) is 13.3. The minimum absolute atomic E-state index is 0.0832. The Morgan fingerprint density at radius 2 is 1.63 bits per heavy atom. The normalized spacial score (nSPS) is 22.3. The van der Waals surface area contributed by atoms with Gasteiger partial charge in [-0.05, 0) is 48.2 Å². The number of nitrogens with zero attached hydrogens (tertiary/aromatic N) is 2. The summed E-state index contributed by atoms with van der Waals surface area (Å²) in [7, 11) is 1.61. The highest BCUT2D eigenvalue weighted by molar-refractivity contribution is 5.91. The molecule has 182 valence electrons. The second-order valence-electron chi connectivity index (χ2n) is 9.35. The molecule has 2 fully saturated rings. The Balaban J connectivity index is 1.35. The second kappa shape index (κ2) is 10.5. The van der Waals surface area contributed by atoms with Gasteiger partial charge in [0, 0.05) is 31.1 Å². The molecule has 3 atom stereocenters. The number of ether oxygens (including phenoxy) is 1. The Labute approximate surface area is 207 Å². The highest BCUT2D eigenvalue weighted by atomic mass is 16.5. The van der Waals surface area contributed by atoms with E-state index in [0.717, 1.165) is 25.9 Å². The van der Waals surface area contributed by atoms with Gasteiger partial charge in [-0.2, -0.15) is 0 Å². The molecule has 0 spiro atoms. The zero-order valence-electron chi connectivity index (χ0n) is 20.1. The number of rotatable bonds is 5. The predicted octanol–water partition coefficient (Wildman–Crippen LogP) is 4.82. The van der Waals surface area contributed by atoms with Crippen LogP contribution in [0.3, 0.4) is 0 Å². The van der Waals surface area contributed by atoms with Crippen LogP contribution in [0.4, 0.5) is 10.5 Å². The topological polar surface area (TPSA) is 65.0 Å². The van der Waals surface area contributed by atoms with Gasteiger partial charge >= 0.3 is 6.03 Å². The van der Waals surface area contributed by atoms with Gasteiger partial charge in [0.15, 0.2) is 0 Å². The maximum Gasteiger partial charge on any atom is 0.322 e. The van der Waals surface area contributed by atoms with Crippen molar-refractivity contribution in [2.75, 3.05) is 38.7 Å². The first kappa shape index (κ1) is 23.4. The van der Waals surface area contributed by atoms with E-state index in [4.69, 9.17) is 4.74 Å². The summed E-state index contributed by atoms with van der Waals surface area (Å²) in [4.78, 5) is 17.6. The summed E-state index contributed by atoms with van der Waals surface area (Å²) >= 11 is 0. The fraction of sp³-hybridized carbons (Fsp3) is 0.345. The average Bonchev–Trinajstić information content (AvgIpc) is 2.89. The number of hydrogen-bond donors (Lipinski definition) is 2. The van der Waals surface area contributed by atoms with Crippen LogP contribution in [-0.4, -0.2) is 66.4 Å². The van der Waals surface area contributed by atoms with E-state index in [0.29, 0.717) is 18.0 Å². The summed E-state index contributed by atoms with van der Waals surface area (Å²) in [6, 6.07) is 26.7. The molecule has 6 heteroatoms. The first-order chi connectivity index (χ1) is 17.2. The lowest BCUT2D eigenvalue weighted by Gasteiger charge is -2.57. The van der Waals surface area contributed by atoms with Gasteiger partial charge in [-0.25, -0.2) is 4.79 Å². The van der Waals surface area contributed by atoms with Gasteiger partial charge in [0.05, 0.1) is 19.4 Å². The minimum atomic E-state index is -0.109. The van der Waals surface area contributed by atoms with E-state index in [1.54, 1.807) is 7.11 Å². The molecule has 2 heterocycles. The van der Waals surface area contributed by atoms with Gasteiger partial charge in [0.2, 0.25) is 0 Å². The molecule has 2 amide bonds. The lowest BCUT2D eigenvalue weighted by molar-refractivity contribution is -0.0585. The quantitative estimate of drug-likeness (QED) is 0.560. The Hall–Kier alpha value is -3.35. The smallest absolute Gasteiger partial charge is 0.322 e. The van der Waals surface area contributed by atoms with Crippen LogP contribution in [-0.2, 0) is 0 Å². The maximum absolute atomic E-state index is 13.3. The highest BCUT2D eigenvalue weighted by Gasteiger charge is 2.49. The lowest BCUT2D eigenvalue weighted by Crippen LogP contribution is -2.68. The summed E-state index contributed by atoms with van der Waals surface area (Å²) in [6.45, 7) is 2.42. The van der Waals surface area contributed by atoms with Crippen molar-refractivity contribution in [3.8, 4) is 16.9 Å². The van der Waals surface area contributed by atoms with Crippen LogP contribution in [0, 0.1) is 0 Å². The van der Waals surface area contributed by atoms with Crippen LogP contribution >= 0.6 is 0 Å². The first-order valence-corrected chi connectivity index (χ1v) is 12.4. The highest BCUT2D eigenvalue weighted by Crippen LogP contribution is 2.42. The number of aliphatic hydroxyl groups is 1. The van der Waals surface area contributed by atoms with E-state index in [9.17, 15) is 9.90 Å². The van der Waals surface area contributed by atoms with Crippen molar-refractivity contribution in [2.45, 2.75) is 30.8 Å². The summed E-state index contributed by atoms with van der Waals surface area (Å²) in [5.41, 5.74) is 4.27. The molecule has 3 aromatic rings. The SMILES string of the molecule is COc1ccccc1NC(=O)N1CCCCN2[C@H](C1)[C@@H](c1ccc(-c3ccccc3)cc1)[C@@H]2CO. The number of methoxy groups -OCH3 is 1. The molecular weight excluding hydrogens is 438 g/mol. The van der Waals surface area contributed by atoms with Crippen molar-refractivity contribution in [2.24, 2.45) is 0 Å². The lowest BCUT2D eigenvalue weighted by atomic mass is 9.74. The van der Waals surface area contributed by atoms with Crippen LogP contribution in [0.5, 0.6) is 5.75 Å². The molecule has 0 bridgehead atoms. The van der Waals surface area contributed by atoms with E-state index in [2.05, 4.69) is 46.6 Å². The number of aliphatic hydroxyl groups excluding tert-OH is 1. The Morgan fingerprint density at radius 3 is 2.37 bits per heavy atom. The number of anilines is 1. The molecule has 3 aromatic carbocycles. The fourth-order valence-corrected chi connectivity index (χ4v) is 5.60. The Morgan fingerprint density at radius 1 is 0.943 bits per heavy atom. The molecular formula is C29H33N3O3. The molecule has 0 saturated carbocycles. The van der Waals surface area contributed by atoms with Crippen LogP contribution < -0.4 is 10.1 Å². The second-order valence-corrected chi connectivity index (χ2v) is 9.35.